The number of carbonyl (C=O) groups is 1. The lowest BCUT2D eigenvalue weighted by Gasteiger charge is -2.60. The number of hydrogen-bond donors (Lipinski definition) is 1. The summed E-state index contributed by atoms with van der Waals surface area (Å²) in [5, 5.41) is 9.79. The molecule has 1 aliphatic heterocycles. The number of phenolic OH excluding ortho intramolecular Hbond substituents is 1. The number of β-lactam (4-membered cyclic amide) rings is 1. The summed E-state index contributed by atoms with van der Waals surface area (Å²) in [7, 11) is 0. The van der Waals surface area contributed by atoms with E-state index in [1.165, 1.54) is 12.1 Å². The molecule has 170 valence electrons. The van der Waals surface area contributed by atoms with Gasteiger partial charge in [-0.05, 0) is 99.1 Å². The highest BCUT2D eigenvalue weighted by Gasteiger charge is 2.60. The molecule has 32 heavy (non-hydrogen) atoms. The first-order valence-corrected chi connectivity index (χ1v) is 11.9. The third-order valence-electron chi connectivity index (χ3n) is 8.38. The van der Waals surface area contributed by atoms with E-state index in [9.17, 15) is 18.7 Å². The van der Waals surface area contributed by atoms with E-state index in [2.05, 4.69) is 6.92 Å². The Morgan fingerprint density at radius 3 is 2.16 bits per heavy atom. The fraction of sp³-hybridized carbons (Fsp3) is 0.519. The van der Waals surface area contributed by atoms with Gasteiger partial charge < -0.3 is 10.0 Å². The number of carbonyl (C=O) groups excluding carboxylic acids is 1. The molecule has 2 atom stereocenters. The summed E-state index contributed by atoms with van der Waals surface area (Å²) in [6, 6.07) is 14.1. The number of halogens is 2. The predicted octanol–water partition coefficient (Wildman–Crippen LogP) is 6.00. The van der Waals surface area contributed by atoms with Gasteiger partial charge in [-0.25, -0.2) is 8.78 Å². The summed E-state index contributed by atoms with van der Waals surface area (Å²) >= 11 is 0. The Morgan fingerprint density at radius 2 is 1.56 bits per heavy atom. The molecule has 5 heteroatoms. The molecule has 3 fully saturated rings. The number of benzene rings is 2. The van der Waals surface area contributed by atoms with Gasteiger partial charge in [0.2, 0.25) is 5.91 Å². The van der Waals surface area contributed by atoms with Gasteiger partial charge in [0.1, 0.15) is 17.7 Å². The van der Waals surface area contributed by atoms with Crippen molar-refractivity contribution in [3.8, 4) is 5.75 Å². The van der Waals surface area contributed by atoms with Crippen molar-refractivity contribution in [2.75, 3.05) is 0 Å². The highest BCUT2D eigenvalue weighted by atomic mass is 19.1. The van der Waals surface area contributed by atoms with Crippen molar-refractivity contribution in [2.45, 2.75) is 81.5 Å². The van der Waals surface area contributed by atoms with Gasteiger partial charge in [0.15, 0.2) is 0 Å². The van der Waals surface area contributed by atoms with Gasteiger partial charge in [-0.2, -0.15) is 0 Å². The minimum atomic E-state index is -0.760. The maximum absolute atomic E-state index is 13.8. The van der Waals surface area contributed by atoms with E-state index in [1.54, 1.807) is 12.1 Å². The quantitative estimate of drug-likeness (QED) is 0.561. The van der Waals surface area contributed by atoms with Crippen LogP contribution in [-0.4, -0.2) is 28.1 Å². The first kappa shape index (κ1) is 21.4. The van der Waals surface area contributed by atoms with E-state index in [4.69, 9.17) is 0 Å². The Kier molecular flexibility index (Phi) is 5.26. The average Bonchev–Trinajstić information content (AvgIpc) is 3.57. The summed E-state index contributed by atoms with van der Waals surface area (Å²) in [6.07, 6.45) is 5.47. The third kappa shape index (κ3) is 3.50. The van der Waals surface area contributed by atoms with Crippen LogP contribution in [0.1, 0.15) is 69.4 Å². The molecular weight excluding hydrogens is 408 g/mol. The zero-order chi connectivity index (χ0) is 22.5. The van der Waals surface area contributed by atoms with Gasteiger partial charge in [-0.3, -0.25) is 4.79 Å². The summed E-state index contributed by atoms with van der Waals surface area (Å²) in [6.45, 7) is 2.13. The molecule has 0 aromatic heterocycles. The van der Waals surface area contributed by atoms with E-state index in [0.29, 0.717) is 25.7 Å². The third-order valence-corrected chi connectivity index (χ3v) is 8.38. The molecule has 2 saturated carbocycles. The van der Waals surface area contributed by atoms with Gasteiger partial charge in [0.25, 0.3) is 0 Å². The molecule has 0 bridgehead atoms. The molecule has 1 amide bonds. The summed E-state index contributed by atoms with van der Waals surface area (Å²) < 4.78 is 27.2. The Bertz CT molecular complexity index is 978. The molecule has 0 spiro atoms. The SMILES string of the molecule is CC1(c2ccc(O)cc2)[C@@H](CCC2(c3ccc(F)cc3)CC2)C(=O)N1C1CCC(F)CC1. The number of likely N-dealkylation sites (tertiary alicyclic amines) is 1. The number of hydrogen-bond acceptors (Lipinski definition) is 2. The van der Waals surface area contributed by atoms with E-state index < -0.39 is 11.7 Å². The fourth-order valence-corrected chi connectivity index (χ4v) is 6.19. The van der Waals surface area contributed by atoms with Crippen molar-refractivity contribution in [1.29, 1.82) is 0 Å². The van der Waals surface area contributed by atoms with E-state index in [1.807, 2.05) is 29.2 Å². The lowest BCUT2D eigenvalue weighted by molar-refractivity contribution is -0.181. The Balaban J connectivity index is 1.39. The first-order valence-electron chi connectivity index (χ1n) is 11.9. The van der Waals surface area contributed by atoms with Crippen molar-refractivity contribution in [2.24, 2.45) is 5.92 Å². The van der Waals surface area contributed by atoms with Crippen molar-refractivity contribution in [3.63, 3.8) is 0 Å². The van der Waals surface area contributed by atoms with Gasteiger partial charge in [-0.1, -0.05) is 24.3 Å². The Labute approximate surface area is 188 Å². The molecule has 2 aliphatic carbocycles. The van der Waals surface area contributed by atoms with Gasteiger partial charge in [-0.15, -0.1) is 0 Å². The monoisotopic (exact) mass is 439 g/mol. The van der Waals surface area contributed by atoms with Crippen LogP contribution in [0.5, 0.6) is 5.75 Å². The standard InChI is InChI=1S/C27H31F2NO2/c1-26(18-4-12-23(31)13-5-18)24(25(32)30(26)22-10-8-21(29)9-11-22)14-15-27(16-17-27)19-2-6-20(28)7-3-19/h2-7,12-13,21-22,24,31H,8-11,14-17H2,1H3/t21?,22?,24-,26?/m0/s1. The largest absolute Gasteiger partial charge is 0.508 e. The van der Waals surface area contributed by atoms with Crippen LogP contribution < -0.4 is 0 Å². The van der Waals surface area contributed by atoms with Crippen molar-refractivity contribution in [3.05, 3.63) is 65.5 Å². The molecule has 3 aliphatic rings. The zero-order valence-electron chi connectivity index (χ0n) is 18.6. The fourth-order valence-electron chi connectivity index (χ4n) is 6.19. The van der Waals surface area contributed by atoms with Crippen molar-refractivity contribution >= 4 is 5.91 Å². The Hall–Kier alpha value is -2.43. The molecule has 1 N–H and O–H groups in total. The summed E-state index contributed by atoms with van der Waals surface area (Å²) in [5.41, 5.74) is 1.78. The topological polar surface area (TPSA) is 40.5 Å². The molecular formula is C27H31F2NO2. The van der Waals surface area contributed by atoms with Crippen LogP contribution in [-0.2, 0) is 15.7 Å². The van der Waals surface area contributed by atoms with Gasteiger partial charge in [0, 0.05) is 6.04 Å². The van der Waals surface area contributed by atoms with Crippen LogP contribution in [0.25, 0.3) is 0 Å². The van der Waals surface area contributed by atoms with E-state index in [0.717, 1.165) is 36.8 Å². The van der Waals surface area contributed by atoms with Gasteiger partial charge >= 0.3 is 0 Å². The highest BCUT2D eigenvalue weighted by Crippen LogP contribution is 2.56. The molecule has 1 unspecified atom stereocenters. The molecule has 1 saturated heterocycles. The first-order chi connectivity index (χ1) is 15.3. The average molecular weight is 440 g/mol. The second-order valence-corrected chi connectivity index (χ2v) is 10.2. The second kappa shape index (κ2) is 7.86. The number of aromatic hydroxyl groups is 1. The van der Waals surface area contributed by atoms with Crippen LogP contribution >= 0.6 is 0 Å². The molecule has 3 nitrogen and oxygen atoms in total. The lowest BCUT2D eigenvalue weighted by Crippen LogP contribution is -2.70. The van der Waals surface area contributed by atoms with E-state index in [-0.39, 0.29) is 34.8 Å². The van der Waals surface area contributed by atoms with Gasteiger partial charge in [0.05, 0.1) is 11.5 Å². The number of alkyl halides is 1. The summed E-state index contributed by atoms with van der Waals surface area (Å²) in [4.78, 5) is 15.5. The number of nitrogens with zero attached hydrogens (tertiary/aromatic N) is 1. The molecule has 0 radical (unpaired) electrons. The minimum absolute atomic E-state index is 0.0521. The summed E-state index contributed by atoms with van der Waals surface area (Å²) in [5.74, 6) is 0.000374. The smallest absolute Gasteiger partial charge is 0.229 e. The normalized spacial score (nSPS) is 31.3. The van der Waals surface area contributed by atoms with Crippen LogP contribution in [0, 0.1) is 11.7 Å². The predicted molar refractivity (Wildman–Crippen MR) is 119 cm³/mol. The zero-order valence-corrected chi connectivity index (χ0v) is 18.6. The maximum Gasteiger partial charge on any atom is 0.229 e. The van der Waals surface area contributed by atoms with Crippen molar-refractivity contribution < 1.29 is 18.7 Å². The number of rotatable bonds is 6. The van der Waals surface area contributed by atoms with Crippen LogP contribution in [0.2, 0.25) is 0 Å². The lowest BCUT2D eigenvalue weighted by atomic mass is 9.65. The maximum atomic E-state index is 13.8. The van der Waals surface area contributed by atoms with E-state index >= 15 is 0 Å². The Morgan fingerprint density at radius 1 is 0.969 bits per heavy atom. The second-order valence-electron chi connectivity index (χ2n) is 10.2. The number of amides is 1. The van der Waals surface area contributed by atoms with Crippen LogP contribution in [0.4, 0.5) is 8.78 Å². The highest BCUT2D eigenvalue weighted by molar-refractivity contribution is 5.88. The van der Waals surface area contributed by atoms with Crippen molar-refractivity contribution in [1.82, 2.24) is 4.90 Å². The molecule has 2 aromatic rings. The van der Waals surface area contributed by atoms with Crippen LogP contribution in [0.3, 0.4) is 0 Å². The van der Waals surface area contributed by atoms with Crippen LogP contribution in [0.15, 0.2) is 48.5 Å². The number of phenols is 1. The molecule has 5 rings (SSSR count). The molecule has 1 heterocycles. The minimum Gasteiger partial charge on any atom is -0.508 e. The molecule has 2 aromatic carbocycles.